The van der Waals surface area contributed by atoms with Gasteiger partial charge in [0.2, 0.25) is 11.8 Å². The van der Waals surface area contributed by atoms with Crippen molar-refractivity contribution >= 4 is 11.8 Å². The molecule has 0 saturated carbocycles. The molecule has 2 aromatic heterocycles. The van der Waals surface area contributed by atoms with Crippen LogP contribution in [0.4, 0.5) is 17.6 Å². The highest BCUT2D eigenvalue weighted by atomic mass is 19.4. The third kappa shape index (κ3) is 7.39. The highest BCUT2D eigenvalue weighted by Crippen LogP contribution is 2.26. The van der Waals surface area contributed by atoms with Crippen molar-refractivity contribution in [2.24, 2.45) is 5.73 Å². The number of nitrogens with one attached hydrogen (secondary N) is 1. The number of ether oxygens (including phenoxy) is 2. The van der Waals surface area contributed by atoms with Crippen LogP contribution in [0.15, 0.2) is 48.9 Å². The number of halogens is 4. The monoisotopic (exact) mass is 525 g/mol. The van der Waals surface area contributed by atoms with Crippen LogP contribution < -0.4 is 20.5 Å². The van der Waals surface area contributed by atoms with Gasteiger partial charge in [-0.1, -0.05) is 6.92 Å². The average molecular weight is 525 g/mol. The number of benzene rings is 1. The number of amides is 2. The highest BCUT2D eigenvalue weighted by Gasteiger charge is 2.28. The summed E-state index contributed by atoms with van der Waals surface area (Å²) in [5.74, 6) is -2.70. The number of hydrogen-bond donors (Lipinski definition) is 3. The van der Waals surface area contributed by atoms with E-state index in [-0.39, 0.29) is 22.9 Å². The van der Waals surface area contributed by atoms with E-state index >= 15 is 0 Å². The predicted octanol–water partition coefficient (Wildman–Crippen LogP) is 2.45. The Hall–Kier alpha value is -4.20. The minimum absolute atomic E-state index is 0.203. The van der Waals surface area contributed by atoms with Crippen LogP contribution in [0.25, 0.3) is 5.69 Å². The molecule has 0 saturated heterocycles. The molecule has 2 heterocycles. The summed E-state index contributed by atoms with van der Waals surface area (Å²) < 4.78 is 63.2. The molecule has 14 heteroatoms. The van der Waals surface area contributed by atoms with Gasteiger partial charge >= 0.3 is 6.18 Å². The first-order valence-electron chi connectivity index (χ1n) is 10.9. The first-order chi connectivity index (χ1) is 17.5. The maximum atomic E-state index is 14.6. The van der Waals surface area contributed by atoms with Crippen molar-refractivity contribution in [1.82, 2.24) is 20.1 Å². The van der Waals surface area contributed by atoms with Gasteiger partial charge < -0.3 is 25.6 Å². The molecule has 37 heavy (non-hydrogen) atoms. The van der Waals surface area contributed by atoms with Gasteiger partial charge in [-0.25, -0.2) is 14.1 Å². The van der Waals surface area contributed by atoms with Crippen LogP contribution in [0.2, 0.25) is 0 Å². The molecule has 4 N–H and O–H groups in total. The predicted molar refractivity (Wildman–Crippen MR) is 121 cm³/mol. The SMILES string of the molecule is CCC(Oc1ccc(OCC(F)(F)F)nc1)c1cnn(-c2ccc(C(=O)N[C@@H](CO)C(N)=O)c(F)c2)c1. The number of rotatable bonds is 11. The smallest absolute Gasteiger partial charge is 0.422 e. The number of carbonyl (C=O) groups is 2. The molecular weight excluding hydrogens is 502 g/mol. The van der Waals surface area contributed by atoms with E-state index in [9.17, 15) is 27.2 Å². The number of alkyl halides is 3. The molecule has 0 aliphatic heterocycles. The normalized spacial score (nSPS) is 13.0. The van der Waals surface area contributed by atoms with Crippen LogP contribution >= 0.6 is 0 Å². The second-order valence-electron chi connectivity index (χ2n) is 7.74. The molecule has 1 aromatic carbocycles. The van der Waals surface area contributed by atoms with Crippen LogP contribution in [0.3, 0.4) is 0 Å². The van der Waals surface area contributed by atoms with Crippen molar-refractivity contribution in [3.63, 3.8) is 0 Å². The second kappa shape index (κ2) is 11.7. The van der Waals surface area contributed by atoms with Gasteiger partial charge in [0.25, 0.3) is 5.91 Å². The first-order valence-corrected chi connectivity index (χ1v) is 10.9. The summed E-state index contributed by atoms with van der Waals surface area (Å²) >= 11 is 0. The van der Waals surface area contributed by atoms with Gasteiger partial charge in [0.05, 0.1) is 30.3 Å². The Morgan fingerprint density at radius 3 is 2.54 bits per heavy atom. The van der Waals surface area contributed by atoms with Crippen LogP contribution in [-0.2, 0) is 4.79 Å². The molecule has 0 bridgehead atoms. The van der Waals surface area contributed by atoms with Crippen molar-refractivity contribution in [1.29, 1.82) is 0 Å². The van der Waals surface area contributed by atoms with Gasteiger partial charge in [-0.3, -0.25) is 9.59 Å². The molecule has 198 valence electrons. The van der Waals surface area contributed by atoms with E-state index in [4.69, 9.17) is 15.6 Å². The summed E-state index contributed by atoms with van der Waals surface area (Å²) in [6.07, 6.45) is -0.162. The lowest BCUT2D eigenvalue weighted by Crippen LogP contribution is -2.47. The second-order valence-corrected chi connectivity index (χ2v) is 7.74. The van der Waals surface area contributed by atoms with Gasteiger partial charge in [0.1, 0.15) is 23.7 Å². The fourth-order valence-electron chi connectivity index (χ4n) is 3.15. The van der Waals surface area contributed by atoms with Crippen molar-refractivity contribution in [2.45, 2.75) is 31.7 Å². The van der Waals surface area contributed by atoms with Gasteiger partial charge in [-0.05, 0) is 24.6 Å². The number of aliphatic hydroxyl groups excluding tert-OH is 1. The Kier molecular flexibility index (Phi) is 8.65. The van der Waals surface area contributed by atoms with Crippen molar-refractivity contribution in [3.8, 4) is 17.3 Å². The molecule has 0 radical (unpaired) electrons. The van der Waals surface area contributed by atoms with E-state index in [0.717, 1.165) is 6.07 Å². The summed E-state index contributed by atoms with van der Waals surface area (Å²) in [5.41, 5.74) is 5.60. The standard InChI is InChI=1S/C23H23F4N5O5/c1-2-19(37-15-4-6-20(29-9-15)36-12-23(25,26)27)13-8-30-32(10-13)14-3-5-16(17(24)7-14)22(35)31-18(11-33)21(28)34/h3-10,18-19,33H,2,11-12H2,1H3,(H2,28,34)(H,31,35)/t18-,19?/m0/s1. The number of carbonyl (C=O) groups excluding carboxylic acids is 2. The van der Waals surface area contributed by atoms with Crippen molar-refractivity contribution in [3.05, 3.63) is 65.9 Å². The lowest BCUT2D eigenvalue weighted by Gasteiger charge is -2.16. The maximum absolute atomic E-state index is 14.6. The molecule has 10 nitrogen and oxygen atoms in total. The van der Waals surface area contributed by atoms with Gasteiger partial charge in [0.15, 0.2) is 6.61 Å². The van der Waals surface area contributed by atoms with E-state index in [0.29, 0.717) is 12.0 Å². The zero-order valence-electron chi connectivity index (χ0n) is 19.4. The molecule has 2 amide bonds. The Morgan fingerprint density at radius 2 is 1.97 bits per heavy atom. The summed E-state index contributed by atoms with van der Waals surface area (Å²) in [6.45, 7) is -0.349. The van der Waals surface area contributed by atoms with E-state index in [2.05, 4.69) is 20.1 Å². The summed E-state index contributed by atoms with van der Waals surface area (Å²) in [7, 11) is 0. The third-order valence-corrected chi connectivity index (χ3v) is 5.01. The minimum Gasteiger partial charge on any atom is -0.484 e. The van der Waals surface area contributed by atoms with Crippen molar-refractivity contribution in [2.75, 3.05) is 13.2 Å². The molecule has 3 rings (SSSR count). The van der Waals surface area contributed by atoms with Crippen LogP contribution in [0, 0.1) is 5.82 Å². The van der Waals surface area contributed by atoms with Crippen LogP contribution in [0.1, 0.15) is 35.4 Å². The van der Waals surface area contributed by atoms with E-state index in [1.54, 1.807) is 6.20 Å². The van der Waals surface area contributed by atoms with Crippen molar-refractivity contribution < 1.29 is 41.7 Å². The molecule has 2 atom stereocenters. The van der Waals surface area contributed by atoms with Gasteiger partial charge in [0, 0.05) is 23.9 Å². The van der Waals surface area contributed by atoms with Crippen LogP contribution in [0.5, 0.6) is 11.6 Å². The molecule has 0 aliphatic rings. The molecule has 3 aromatic rings. The number of nitrogens with two attached hydrogens (primary N) is 1. The minimum atomic E-state index is -4.48. The summed E-state index contributed by atoms with van der Waals surface area (Å²) in [5, 5.41) is 15.4. The number of primary amides is 1. The van der Waals surface area contributed by atoms with Gasteiger partial charge in [-0.2, -0.15) is 18.3 Å². The lowest BCUT2D eigenvalue weighted by atomic mass is 10.1. The Morgan fingerprint density at radius 1 is 1.22 bits per heavy atom. The number of aliphatic hydroxyl groups is 1. The fourth-order valence-corrected chi connectivity index (χ4v) is 3.15. The van der Waals surface area contributed by atoms with E-state index in [1.807, 2.05) is 6.92 Å². The van der Waals surface area contributed by atoms with Gasteiger partial charge in [-0.15, -0.1) is 0 Å². The summed E-state index contributed by atoms with van der Waals surface area (Å²) in [4.78, 5) is 27.2. The molecule has 0 spiro atoms. The quantitative estimate of drug-likeness (QED) is 0.327. The van der Waals surface area contributed by atoms with Crippen LogP contribution in [-0.4, -0.2) is 57.1 Å². The largest absolute Gasteiger partial charge is 0.484 e. The maximum Gasteiger partial charge on any atom is 0.422 e. The molecule has 0 aliphatic carbocycles. The molecular formula is C23H23F4N5O5. The Balaban J connectivity index is 1.69. The average Bonchev–Trinajstić information content (AvgIpc) is 3.34. The number of nitrogens with zero attached hydrogens (tertiary/aromatic N) is 3. The molecule has 0 fully saturated rings. The number of aromatic nitrogens is 3. The Bertz CT molecular complexity index is 1230. The Labute approximate surface area is 208 Å². The first kappa shape index (κ1) is 27.4. The number of pyridine rings is 1. The zero-order valence-corrected chi connectivity index (χ0v) is 19.4. The zero-order chi connectivity index (χ0) is 27.2. The van der Waals surface area contributed by atoms with E-state index in [1.165, 1.54) is 41.3 Å². The third-order valence-electron chi connectivity index (χ3n) is 5.01. The molecule has 1 unspecified atom stereocenters. The topological polar surface area (TPSA) is 142 Å². The highest BCUT2D eigenvalue weighted by molar-refractivity contribution is 5.97. The lowest BCUT2D eigenvalue weighted by molar-refractivity contribution is -0.154. The number of hydrogen-bond acceptors (Lipinski definition) is 7. The van der Waals surface area contributed by atoms with E-state index < -0.39 is 49.2 Å². The fraction of sp³-hybridized carbons (Fsp3) is 0.304. The summed E-state index contributed by atoms with van der Waals surface area (Å²) in [6, 6.07) is 5.01.